The molecule has 11 heteroatoms. The Bertz CT molecular complexity index is 1160. The molecule has 3 heterocycles. The van der Waals surface area contributed by atoms with E-state index in [0.29, 0.717) is 28.6 Å². The first-order chi connectivity index (χ1) is 14.2. The summed E-state index contributed by atoms with van der Waals surface area (Å²) < 4.78 is 25.1. The largest absolute Gasteiger partial charge is 0.305 e. The lowest BCUT2D eigenvalue weighted by Gasteiger charge is -2.27. The van der Waals surface area contributed by atoms with Crippen molar-refractivity contribution in [1.29, 1.82) is 0 Å². The fourth-order valence-electron chi connectivity index (χ4n) is 3.57. The van der Waals surface area contributed by atoms with Gasteiger partial charge in [-0.05, 0) is 31.5 Å². The number of sulfone groups is 1. The van der Waals surface area contributed by atoms with Crippen molar-refractivity contribution in [3.05, 3.63) is 41.0 Å². The van der Waals surface area contributed by atoms with Gasteiger partial charge in [-0.3, -0.25) is 9.59 Å². The van der Waals surface area contributed by atoms with Crippen molar-refractivity contribution in [2.45, 2.75) is 32.2 Å². The van der Waals surface area contributed by atoms with Crippen LogP contribution in [0.5, 0.6) is 0 Å². The molecule has 1 N–H and O–H groups in total. The highest BCUT2D eigenvalue weighted by atomic mass is 35.5. The molecule has 1 aromatic carbocycles. The first kappa shape index (κ1) is 20.5. The normalized spacial score (nSPS) is 20.9. The summed E-state index contributed by atoms with van der Waals surface area (Å²) in [5, 5.41) is 13.1. The van der Waals surface area contributed by atoms with Gasteiger partial charge in [0, 0.05) is 23.9 Å². The molecular formula is C19H20ClN5O4S. The third-order valence-corrected chi connectivity index (χ3v) is 6.99. The summed E-state index contributed by atoms with van der Waals surface area (Å²) in [4.78, 5) is 25.1. The molecule has 1 aromatic heterocycles. The number of hydrazone groups is 1. The van der Waals surface area contributed by atoms with Gasteiger partial charge in [-0.2, -0.15) is 10.2 Å². The molecule has 1 fully saturated rings. The molecule has 30 heavy (non-hydrogen) atoms. The maximum absolute atomic E-state index is 12.9. The van der Waals surface area contributed by atoms with Crippen LogP contribution in [-0.4, -0.2) is 58.3 Å². The van der Waals surface area contributed by atoms with Crippen molar-refractivity contribution in [1.82, 2.24) is 14.8 Å². The predicted molar refractivity (Wildman–Crippen MR) is 113 cm³/mol. The quantitative estimate of drug-likeness (QED) is 0.766. The molecule has 0 bridgehead atoms. The highest BCUT2D eigenvalue weighted by Gasteiger charge is 2.37. The van der Waals surface area contributed by atoms with Crippen molar-refractivity contribution in [3.63, 3.8) is 0 Å². The molecule has 9 nitrogen and oxygen atoms in total. The summed E-state index contributed by atoms with van der Waals surface area (Å²) in [5.41, 5.74) is 1.56. The molecule has 1 atom stereocenters. The molecule has 0 radical (unpaired) electrons. The van der Waals surface area contributed by atoms with Gasteiger partial charge in [-0.15, -0.1) is 0 Å². The summed E-state index contributed by atoms with van der Waals surface area (Å²) in [6.45, 7) is 1.80. The third-order valence-electron chi connectivity index (χ3n) is 5.00. The zero-order valence-corrected chi connectivity index (χ0v) is 17.8. The molecule has 0 saturated carbocycles. The number of carbonyl (C=O) groups excluding carboxylic acids is 2. The van der Waals surface area contributed by atoms with Gasteiger partial charge in [0.25, 0.3) is 5.91 Å². The van der Waals surface area contributed by atoms with Crippen LogP contribution in [0.25, 0.3) is 5.69 Å². The van der Waals surface area contributed by atoms with Crippen LogP contribution in [0.15, 0.2) is 35.4 Å². The number of carbonyl (C=O) groups is 2. The van der Waals surface area contributed by atoms with Gasteiger partial charge in [0.05, 0.1) is 28.9 Å². The zero-order valence-electron chi connectivity index (χ0n) is 16.2. The smallest absolute Gasteiger partial charge is 0.273 e. The molecule has 2 aliphatic heterocycles. The second kappa shape index (κ2) is 7.84. The Kier molecular flexibility index (Phi) is 5.37. The second-order valence-electron chi connectivity index (χ2n) is 7.36. The van der Waals surface area contributed by atoms with Crippen molar-refractivity contribution in [3.8, 4) is 5.69 Å². The Morgan fingerprint density at radius 3 is 2.77 bits per heavy atom. The topological polar surface area (TPSA) is 114 Å². The second-order valence-corrected chi connectivity index (χ2v) is 10.0. The molecule has 0 spiro atoms. The molecule has 4 rings (SSSR count). The van der Waals surface area contributed by atoms with Crippen LogP contribution < -0.4 is 5.32 Å². The summed E-state index contributed by atoms with van der Waals surface area (Å²) in [6, 6.07) is 8.25. The van der Waals surface area contributed by atoms with E-state index in [9.17, 15) is 18.0 Å². The van der Waals surface area contributed by atoms with E-state index >= 15 is 0 Å². The van der Waals surface area contributed by atoms with Crippen LogP contribution in [-0.2, 0) is 19.4 Å². The number of hydrogen-bond acceptors (Lipinski definition) is 6. The molecule has 1 saturated heterocycles. The molecule has 158 valence electrons. The van der Waals surface area contributed by atoms with Crippen LogP contribution in [0, 0.1) is 6.92 Å². The highest BCUT2D eigenvalue weighted by Crippen LogP contribution is 2.24. The standard InChI is InChI=1S/C19H20ClN5O4S/c1-12-9-17(24(22-12)14-4-2-3-13(20)10-14)21-19(27)16-5-6-18(26)25(23-16)15-7-8-30(28,29)11-15/h2-4,9-10,15H,5-8,11H2,1H3,(H,21,27). The van der Waals surface area contributed by atoms with Crippen molar-refractivity contribution in [2.75, 3.05) is 16.8 Å². The van der Waals surface area contributed by atoms with Crippen LogP contribution in [0.2, 0.25) is 5.02 Å². The Balaban J connectivity index is 1.57. The summed E-state index contributed by atoms with van der Waals surface area (Å²) in [5.74, 6) is -0.395. The van der Waals surface area contributed by atoms with Crippen LogP contribution in [0.3, 0.4) is 0 Å². The Hall–Kier alpha value is -2.72. The lowest BCUT2D eigenvalue weighted by Crippen LogP contribution is -2.42. The van der Waals surface area contributed by atoms with E-state index in [-0.39, 0.29) is 36.0 Å². The average Bonchev–Trinajstić information content (AvgIpc) is 3.23. The fraction of sp³-hybridized carbons (Fsp3) is 0.368. The Morgan fingerprint density at radius 2 is 2.07 bits per heavy atom. The maximum Gasteiger partial charge on any atom is 0.273 e. The number of aromatic nitrogens is 2. The molecule has 2 aromatic rings. The lowest BCUT2D eigenvalue weighted by molar-refractivity contribution is -0.133. The first-order valence-electron chi connectivity index (χ1n) is 9.46. The van der Waals surface area contributed by atoms with E-state index in [1.807, 2.05) is 6.07 Å². The van der Waals surface area contributed by atoms with E-state index in [1.165, 1.54) is 5.01 Å². The van der Waals surface area contributed by atoms with Gasteiger partial charge in [0.2, 0.25) is 5.91 Å². The summed E-state index contributed by atoms with van der Waals surface area (Å²) in [6.07, 6.45) is 0.619. The number of aryl methyl sites for hydroxylation is 1. The Labute approximate surface area is 178 Å². The number of halogens is 1. The molecule has 1 unspecified atom stereocenters. The van der Waals surface area contributed by atoms with Gasteiger partial charge in [-0.1, -0.05) is 17.7 Å². The minimum absolute atomic E-state index is 0.0244. The number of benzene rings is 1. The predicted octanol–water partition coefficient (Wildman–Crippen LogP) is 1.94. The van der Waals surface area contributed by atoms with E-state index in [4.69, 9.17) is 11.6 Å². The van der Waals surface area contributed by atoms with Crippen molar-refractivity contribution < 1.29 is 18.0 Å². The van der Waals surface area contributed by atoms with Gasteiger partial charge in [0.1, 0.15) is 11.5 Å². The SMILES string of the molecule is Cc1cc(NC(=O)C2=NN(C3CCS(=O)(=O)C3)C(=O)CC2)n(-c2cccc(Cl)c2)n1. The number of nitrogens with one attached hydrogen (secondary N) is 1. The highest BCUT2D eigenvalue weighted by molar-refractivity contribution is 7.91. The van der Waals surface area contributed by atoms with E-state index in [0.717, 1.165) is 0 Å². The van der Waals surface area contributed by atoms with Crippen molar-refractivity contribution >= 4 is 44.8 Å². The molecule has 0 aliphatic carbocycles. The number of hydrogen-bond donors (Lipinski definition) is 1. The molecular weight excluding hydrogens is 430 g/mol. The van der Waals surface area contributed by atoms with Crippen LogP contribution >= 0.6 is 11.6 Å². The lowest BCUT2D eigenvalue weighted by atomic mass is 10.1. The summed E-state index contributed by atoms with van der Waals surface area (Å²) >= 11 is 6.07. The third kappa shape index (κ3) is 4.24. The zero-order chi connectivity index (χ0) is 21.5. The Morgan fingerprint density at radius 1 is 1.27 bits per heavy atom. The van der Waals surface area contributed by atoms with E-state index < -0.39 is 21.8 Å². The number of nitrogens with zero attached hydrogens (tertiary/aromatic N) is 4. The first-order valence-corrected chi connectivity index (χ1v) is 11.7. The minimum Gasteiger partial charge on any atom is -0.305 e. The summed E-state index contributed by atoms with van der Waals surface area (Å²) in [7, 11) is -3.18. The van der Waals surface area contributed by atoms with Crippen molar-refractivity contribution in [2.24, 2.45) is 5.10 Å². The van der Waals surface area contributed by atoms with Gasteiger partial charge < -0.3 is 5.32 Å². The van der Waals surface area contributed by atoms with E-state index in [2.05, 4.69) is 15.5 Å². The number of rotatable bonds is 4. The van der Waals surface area contributed by atoms with E-state index in [1.54, 1.807) is 35.9 Å². The van der Waals surface area contributed by atoms with Crippen LogP contribution in [0.1, 0.15) is 25.0 Å². The number of amides is 2. The average molecular weight is 450 g/mol. The number of anilines is 1. The molecule has 2 amide bonds. The monoisotopic (exact) mass is 449 g/mol. The maximum atomic E-state index is 12.9. The minimum atomic E-state index is -3.18. The van der Waals surface area contributed by atoms with Gasteiger partial charge in [0.15, 0.2) is 9.84 Å². The van der Waals surface area contributed by atoms with Gasteiger partial charge in [-0.25, -0.2) is 18.1 Å². The van der Waals surface area contributed by atoms with Gasteiger partial charge >= 0.3 is 0 Å². The molecule has 2 aliphatic rings. The fourth-order valence-corrected chi connectivity index (χ4v) is 5.45. The van der Waals surface area contributed by atoms with Crippen LogP contribution in [0.4, 0.5) is 5.82 Å².